The second kappa shape index (κ2) is 14.6. The molecule has 50 heavy (non-hydrogen) atoms. The number of nitrogens with zero attached hydrogens (tertiary/aromatic N) is 4. The van der Waals surface area contributed by atoms with Gasteiger partial charge in [0.2, 0.25) is 0 Å². The maximum atomic E-state index is 13.7. The molecule has 1 amide bonds. The predicted molar refractivity (Wildman–Crippen MR) is 195 cm³/mol. The summed E-state index contributed by atoms with van der Waals surface area (Å²) >= 11 is 1.49. The van der Waals surface area contributed by atoms with Crippen LogP contribution in [0.4, 0.5) is 0 Å². The first-order valence-electron chi connectivity index (χ1n) is 17.3. The fraction of sp³-hybridized carbons (Fsp3) is 0.514. The Balaban J connectivity index is 1.55. The minimum atomic E-state index is -1.25. The summed E-state index contributed by atoms with van der Waals surface area (Å²) in [5, 5.41) is 4.05. The highest BCUT2D eigenvalue weighted by atomic mass is 32.1. The summed E-state index contributed by atoms with van der Waals surface area (Å²) in [6.07, 6.45) is 3.57. The highest BCUT2D eigenvalue weighted by Crippen LogP contribution is 2.42. The van der Waals surface area contributed by atoms with E-state index in [1.807, 2.05) is 32.2 Å². The van der Waals surface area contributed by atoms with Gasteiger partial charge in [-0.15, -0.1) is 11.3 Å². The number of carbonyl (C=O) groups excluding carboxylic acids is 2. The van der Waals surface area contributed by atoms with Crippen molar-refractivity contribution in [3.63, 3.8) is 0 Å². The maximum Gasteiger partial charge on any atom is 0.323 e. The molecule has 6 bridgehead atoms. The number of nitrogens with two attached hydrogens (primary N) is 1. The molecule has 0 unspecified atom stereocenters. The van der Waals surface area contributed by atoms with Crippen LogP contribution in [0.3, 0.4) is 0 Å². The molecule has 1 aromatic carbocycles. The molecule has 4 aromatic rings. The number of aromatic nitrogens is 3. The first kappa shape index (κ1) is 36.3. The summed E-state index contributed by atoms with van der Waals surface area (Å²) in [5.41, 5.74) is 15.9. The highest BCUT2D eigenvalue weighted by molar-refractivity contribution is 7.10. The number of rotatable bonds is 7. The first-order chi connectivity index (χ1) is 23.8. The molecule has 2 aliphatic rings. The average molecular weight is 716 g/mol. The number of hydrogen-bond donors (Lipinski definition) is 2. The molecule has 3 radical (unpaired) electrons. The predicted octanol–water partition coefficient (Wildman–Crippen LogP) is 4.95. The van der Waals surface area contributed by atoms with Crippen molar-refractivity contribution in [1.29, 1.82) is 0 Å². The lowest BCUT2D eigenvalue weighted by molar-refractivity contribution is -0.157. The Morgan fingerprint density at radius 2 is 2.02 bits per heavy atom. The number of thiazole rings is 1. The van der Waals surface area contributed by atoms with E-state index in [-0.39, 0.29) is 31.1 Å². The number of benzene rings is 1. The van der Waals surface area contributed by atoms with E-state index in [0.717, 1.165) is 49.7 Å². The van der Waals surface area contributed by atoms with Gasteiger partial charge in [0.25, 0.3) is 5.91 Å². The molecule has 0 aliphatic carbocycles. The van der Waals surface area contributed by atoms with Gasteiger partial charge in [0, 0.05) is 65.6 Å². The molecule has 0 spiro atoms. The minimum absolute atomic E-state index is 0.0871. The molecule has 2 aliphatic heterocycles. The van der Waals surface area contributed by atoms with Gasteiger partial charge in [0.1, 0.15) is 5.16 Å². The van der Waals surface area contributed by atoms with Crippen molar-refractivity contribution in [2.24, 2.45) is 11.1 Å². The van der Waals surface area contributed by atoms with Crippen molar-refractivity contribution in [2.75, 3.05) is 26.9 Å². The topological polar surface area (TPSA) is 134 Å². The van der Waals surface area contributed by atoms with E-state index >= 15 is 0 Å². The molecule has 3 atom stereocenters. The highest BCUT2D eigenvalue weighted by Gasteiger charge is 2.42. The zero-order valence-electron chi connectivity index (χ0n) is 29.7. The van der Waals surface area contributed by atoms with Crippen molar-refractivity contribution >= 4 is 44.4 Å². The Kier molecular flexibility index (Phi) is 10.6. The van der Waals surface area contributed by atoms with Crippen molar-refractivity contribution in [3.05, 3.63) is 58.2 Å². The standard InChI is InChI=1S/C37H47N6O5SSi/c1-22(2)47-16-15-42-30-11-10-24-17-26(30)27(33(42)25-9-7-13-39-32(25)23(3)46-6)19-36(4,5)21-48-35(45)37(50)12-8-14-43(41-37)34(44)28(38)18-31-40-29(24)20-49-31/h7,9-11,13,17,20,22-23,28,41H,8,12,14-16,18-19,21,38H2,1-6H3/t23-,28-,37-/m0/s1. The van der Waals surface area contributed by atoms with Crippen molar-refractivity contribution < 1.29 is 23.8 Å². The zero-order valence-corrected chi connectivity index (χ0v) is 31.6. The lowest BCUT2D eigenvalue weighted by Gasteiger charge is -2.41. The second-order valence-electron chi connectivity index (χ2n) is 14.4. The van der Waals surface area contributed by atoms with E-state index in [1.54, 1.807) is 13.3 Å². The number of hydrazine groups is 1. The van der Waals surface area contributed by atoms with Gasteiger partial charge in [-0.05, 0) is 69.9 Å². The van der Waals surface area contributed by atoms with E-state index in [2.05, 4.69) is 58.3 Å². The van der Waals surface area contributed by atoms with Gasteiger partial charge in [0.15, 0.2) is 0 Å². The number of carbonyl (C=O) groups is 2. The molecule has 3 N–H and O–H groups in total. The third kappa shape index (κ3) is 7.44. The number of nitrogens with one attached hydrogen (secondary N) is 1. The number of esters is 1. The Morgan fingerprint density at radius 1 is 1.22 bits per heavy atom. The van der Waals surface area contributed by atoms with Crippen LogP contribution in [0.25, 0.3) is 33.4 Å². The maximum absolute atomic E-state index is 13.7. The summed E-state index contributed by atoms with van der Waals surface area (Å²) in [6.45, 7) is 12.0. The van der Waals surface area contributed by atoms with Crippen LogP contribution in [0.2, 0.25) is 0 Å². The van der Waals surface area contributed by atoms with Crippen molar-refractivity contribution in [2.45, 2.75) is 90.3 Å². The fourth-order valence-corrected chi connectivity index (χ4v) is 8.07. The van der Waals surface area contributed by atoms with Crippen LogP contribution in [-0.2, 0) is 43.2 Å². The van der Waals surface area contributed by atoms with Crippen molar-refractivity contribution in [3.8, 4) is 22.5 Å². The normalized spacial score (nSPS) is 22.1. The largest absolute Gasteiger partial charge is 0.464 e. The van der Waals surface area contributed by atoms with E-state index in [0.29, 0.717) is 39.0 Å². The van der Waals surface area contributed by atoms with Gasteiger partial charge < -0.3 is 24.5 Å². The van der Waals surface area contributed by atoms with Gasteiger partial charge in [-0.2, -0.15) is 0 Å². The summed E-state index contributed by atoms with van der Waals surface area (Å²) < 4.78 is 20.3. The summed E-state index contributed by atoms with van der Waals surface area (Å²) in [4.78, 5) is 36.9. The first-order valence-corrected chi connectivity index (χ1v) is 18.6. The van der Waals surface area contributed by atoms with E-state index in [9.17, 15) is 9.59 Å². The molecule has 13 heteroatoms. The fourth-order valence-electron chi connectivity index (χ4n) is 6.82. The lowest BCUT2D eigenvalue weighted by Crippen LogP contribution is -2.66. The Bertz CT molecular complexity index is 1870. The molecule has 6 rings (SSSR count). The average Bonchev–Trinajstić information content (AvgIpc) is 3.67. The molecule has 1 saturated heterocycles. The van der Waals surface area contributed by atoms with Crippen LogP contribution in [0.1, 0.15) is 69.8 Å². The van der Waals surface area contributed by atoms with Crippen LogP contribution in [0.5, 0.6) is 0 Å². The smallest absolute Gasteiger partial charge is 0.323 e. The zero-order chi connectivity index (χ0) is 35.8. The number of fused-ring (bicyclic) bond motifs is 6. The molecule has 5 heterocycles. The van der Waals surface area contributed by atoms with Crippen LogP contribution >= 0.6 is 11.3 Å². The SMILES string of the molecule is CO[C@@H](C)c1ncccc1-c1c2c3cc(ccc3n1CCOC(C)C)-c1csc(n1)C[C@H](N)C(=O)N1CCC[C@@]([Si])(N1)C(=O)OCC(C)(C)C2. The quantitative estimate of drug-likeness (QED) is 0.202. The summed E-state index contributed by atoms with van der Waals surface area (Å²) in [5.74, 6) is -0.768. The van der Waals surface area contributed by atoms with E-state index < -0.39 is 22.6 Å². The number of amides is 1. The summed E-state index contributed by atoms with van der Waals surface area (Å²) in [7, 11) is 5.36. The number of ether oxygens (including phenoxy) is 3. The lowest BCUT2D eigenvalue weighted by atomic mass is 9.84. The van der Waals surface area contributed by atoms with Crippen LogP contribution < -0.4 is 11.2 Å². The van der Waals surface area contributed by atoms with Gasteiger partial charge in [-0.1, -0.05) is 19.9 Å². The third-order valence-electron chi connectivity index (χ3n) is 9.45. The van der Waals surface area contributed by atoms with Crippen LogP contribution in [0, 0.1) is 5.41 Å². The Morgan fingerprint density at radius 3 is 2.78 bits per heavy atom. The molecular weight excluding hydrogens is 669 g/mol. The molecule has 1 fully saturated rings. The molecule has 11 nitrogen and oxygen atoms in total. The molecule has 3 aromatic heterocycles. The summed E-state index contributed by atoms with van der Waals surface area (Å²) in [6, 6.07) is 9.69. The number of pyridine rings is 1. The number of hydrogen-bond acceptors (Lipinski definition) is 10. The van der Waals surface area contributed by atoms with Gasteiger partial charge in [0.05, 0.1) is 63.8 Å². The third-order valence-corrected chi connectivity index (χ3v) is 10.9. The molecule has 265 valence electrons. The van der Waals surface area contributed by atoms with E-state index in [1.165, 1.54) is 16.3 Å². The van der Waals surface area contributed by atoms with E-state index in [4.69, 9.17) is 29.9 Å². The second-order valence-corrected chi connectivity index (χ2v) is 16.2. The molecule has 0 saturated carbocycles. The van der Waals surface area contributed by atoms with Gasteiger partial charge in [-0.25, -0.2) is 10.4 Å². The van der Waals surface area contributed by atoms with Crippen molar-refractivity contribution in [1.82, 2.24) is 25.0 Å². The van der Waals surface area contributed by atoms with Crippen LogP contribution in [-0.4, -0.2) is 85.8 Å². The van der Waals surface area contributed by atoms with Gasteiger partial charge in [-0.3, -0.25) is 19.6 Å². The van der Waals surface area contributed by atoms with Crippen LogP contribution in [0.15, 0.2) is 41.9 Å². The monoisotopic (exact) mass is 715 g/mol. The number of cyclic esters (lactones) is 1. The number of methoxy groups -OCH3 is 1. The van der Waals surface area contributed by atoms with Gasteiger partial charge >= 0.3 is 5.97 Å². The molecular formula is C37H47N6O5SSi. The Labute approximate surface area is 301 Å². The minimum Gasteiger partial charge on any atom is -0.464 e. The Hall–Kier alpha value is -3.46.